The molecule has 2 aromatic rings. The van der Waals surface area contributed by atoms with Crippen LogP contribution in [-0.2, 0) is 9.59 Å². The Kier molecular flexibility index (Phi) is 5.90. The van der Waals surface area contributed by atoms with E-state index in [-0.39, 0.29) is 36.7 Å². The molecular weight excluding hydrogens is 351 g/mol. The maximum Gasteiger partial charge on any atom is 0.258 e. The third-order valence-electron chi connectivity index (χ3n) is 4.13. The van der Waals surface area contributed by atoms with Gasteiger partial charge in [0, 0.05) is 18.7 Å². The van der Waals surface area contributed by atoms with Gasteiger partial charge in [-0.2, -0.15) is 0 Å². The van der Waals surface area contributed by atoms with Crippen molar-refractivity contribution >= 4 is 17.5 Å². The summed E-state index contributed by atoms with van der Waals surface area (Å²) >= 11 is 0. The van der Waals surface area contributed by atoms with Gasteiger partial charge in [0.2, 0.25) is 5.91 Å². The average molecular weight is 372 g/mol. The molecule has 0 aliphatic carbocycles. The Hall–Kier alpha value is -3.09. The van der Waals surface area contributed by atoms with Crippen LogP contribution in [0, 0.1) is 5.82 Å². The van der Waals surface area contributed by atoms with Gasteiger partial charge in [-0.1, -0.05) is 0 Å². The molecule has 27 heavy (non-hydrogen) atoms. The summed E-state index contributed by atoms with van der Waals surface area (Å²) in [5, 5.41) is 2.80. The van der Waals surface area contributed by atoms with E-state index in [4.69, 9.17) is 9.47 Å². The quantitative estimate of drug-likeness (QED) is 0.811. The molecule has 6 nitrogen and oxygen atoms in total. The predicted molar refractivity (Wildman–Crippen MR) is 98.4 cm³/mol. The van der Waals surface area contributed by atoms with Crippen molar-refractivity contribution in [2.75, 3.05) is 24.7 Å². The molecule has 1 aliphatic heterocycles. The largest absolute Gasteiger partial charge is 0.494 e. The first-order valence-electron chi connectivity index (χ1n) is 8.76. The number of hydrogen-bond acceptors (Lipinski definition) is 4. The van der Waals surface area contributed by atoms with Crippen LogP contribution in [0.2, 0.25) is 0 Å². The summed E-state index contributed by atoms with van der Waals surface area (Å²) in [6.07, 6.45) is 0.201. The normalized spacial score (nSPS) is 16.3. The molecule has 0 radical (unpaired) electrons. The SMILES string of the molecule is CCOc1ccc(OCC(=O)N[C@H]2CC(=O)N(c3ccc(F)cc3)C2)cc1. The molecule has 0 bridgehead atoms. The Morgan fingerprint density at radius 1 is 1.11 bits per heavy atom. The Labute approximate surface area is 156 Å². The van der Waals surface area contributed by atoms with Crippen molar-refractivity contribution in [2.45, 2.75) is 19.4 Å². The second-order valence-electron chi connectivity index (χ2n) is 6.14. The zero-order valence-corrected chi connectivity index (χ0v) is 15.0. The van der Waals surface area contributed by atoms with E-state index in [0.717, 1.165) is 5.75 Å². The Balaban J connectivity index is 1.48. The van der Waals surface area contributed by atoms with Crippen LogP contribution in [0.25, 0.3) is 0 Å². The topological polar surface area (TPSA) is 67.9 Å². The van der Waals surface area contributed by atoms with Crippen LogP contribution in [-0.4, -0.2) is 37.6 Å². The van der Waals surface area contributed by atoms with E-state index in [9.17, 15) is 14.0 Å². The molecule has 1 fully saturated rings. The second-order valence-corrected chi connectivity index (χ2v) is 6.14. The molecule has 1 heterocycles. The molecule has 1 aliphatic rings. The summed E-state index contributed by atoms with van der Waals surface area (Å²) in [5.41, 5.74) is 0.615. The number of amides is 2. The molecule has 1 atom stereocenters. The number of nitrogens with one attached hydrogen (secondary N) is 1. The minimum Gasteiger partial charge on any atom is -0.494 e. The van der Waals surface area contributed by atoms with Gasteiger partial charge in [0.15, 0.2) is 6.61 Å². The van der Waals surface area contributed by atoms with Crippen molar-refractivity contribution in [1.29, 1.82) is 0 Å². The van der Waals surface area contributed by atoms with Crippen LogP contribution in [0.3, 0.4) is 0 Å². The maximum atomic E-state index is 13.0. The molecule has 7 heteroatoms. The van der Waals surface area contributed by atoms with Crippen molar-refractivity contribution in [3.63, 3.8) is 0 Å². The molecular formula is C20H21FN2O4. The van der Waals surface area contributed by atoms with E-state index in [1.54, 1.807) is 36.4 Å². The predicted octanol–water partition coefficient (Wildman–Crippen LogP) is 2.52. The van der Waals surface area contributed by atoms with Crippen molar-refractivity contribution < 1.29 is 23.5 Å². The lowest BCUT2D eigenvalue weighted by molar-refractivity contribution is -0.123. The van der Waals surface area contributed by atoms with Crippen molar-refractivity contribution in [3.8, 4) is 11.5 Å². The standard InChI is InChI=1S/C20H21FN2O4/c1-2-26-17-7-9-18(10-8-17)27-13-19(24)22-15-11-20(25)23(12-15)16-5-3-14(21)4-6-16/h3-10,15H,2,11-13H2,1H3,(H,22,24)/t15-/m0/s1. The fourth-order valence-electron chi connectivity index (χ4n) is 2.89. The Morgan fingerprint density at radius 2 is 1.74 bits per heavy atom. The molecule has 0 unspecified atom stereocenters. The fraction of sp³-hybridized carbons (Fsp3) is 0.300. The number of carbonyl (C=O) groups excluding carboxylic acids is 2. The summed E-state index contributed by atoms with van der Waals surface area (Å²) in [5.74, 6) is 0.521. The Morgan fingerprint density at radius 3 is 2.37 bits per heavy atom. The number of carbonyl (C=O) groups is 2. The molecule has 2 amide bonds. The number of anilines is 1. The first kappa shape index (κ1) is 18.7. The van der Waals surface area contributed by atoms with Crippen LogP contribution in [0.5, 0.6) is 11.5 Å². The molecule has 0 saturated carbocycles. The van der Waals surface area contributed by atoms with Crippen molar-refractivity contribution in [3.05, 3.63) is 54.3 Å². The lowest BCUT2D eigenvalue weighted by Gasteiger charge is -2.17. The van der Waals surface area contributed by atoms with Gasteiger partial charge < -0.3 is 19.7 Å². The minimum absolute atomic E-state index is 0.112. The van der Waals surface area contributed by atoms with Gasteiger partial charge in [-0.3, -0.25) is 9.59 Å². The van der Waals surface area contributed by atoms with E-state index in [1.807, 2.05) is 6.92 Å². The molecule has 3 rings (SSSR count). The van der Waals surface area contributed by atoms with Gasteiger partial charge in [0.25, 0.3) is 5.91 Å². The van der Waals surface area contributed by atoms with E-state index in [0.29, 0.717) is 24.6 Å². The summed E-state index contributed by atoms with van der Waals surface area (Å²) in [6, 6.07) is 12.4. The van der Waals surface area contributed by atoms with Gasteiger partial charge in [-0.05, 0) is 55.5 Å². The van der Waals surface area contributed by atoms with E-state index in [1.165, 1.54) is 17.0 Å². The number of halogens is 1. The highest BCUT2D eigenvalue weighted by molar-refractivity contribution is 5.96. The summed E-state index contributed by atoms with van der Waals surface area (Å²) in [6.45, 7) is 2.69. The fourth-order valence-corrected chi connectivity index (χ4v) is 2.89. The van der Waals surface area contributed by atoms with E-state index < -0.39 is 0 Å². The van der Waals surface area contributed by atoms with Crippen LogP contribution in [0.4, 0.5) is 10.1 Å². The smallest absolute Gasteiger partial charge is 0.258 e. The number of rotatable bonds is 7. The van der Waals surface area contributed by atoms with E-state index in [2.05, 4.69) is 5.32 Å². The molecule has 1 saturated heterocycles. The van der Waals surface area contributed by atoms with Crippen LogP contribution in [0.15, 0.2) is 48.5 Å². The average Bonchev–Trinajstić information content (AvgIpc) is 3.02. The van der Waals surface area contributed by atoms with E-state index >= 15 is 0 Å². The number of benzene rings is 2. The highest BCUT2D eigenvalue weighted by Crippen LogP contribution is 2.22. The lowest BCUT2D eigenvalue weighted by atomic mass is 10.2. The van der Waals surface area contributed by atoms with Crippen molar-refractivity contribution in [2.24, 2.45) is 0 Å². The van der Waals surface area contributed by atoms with Gasteiger partial charge >= 0.3 is 0 Å². The number of ether oxygens (including phenoxy) is 2. The number of hydrogen-bond donors (Lipinski definition) is 1. The molecule has 1 N–H and O–H groups in total. The summed E-state index contributed by atoms with van der Waals surface area (Å²) < 4.78 is 23.8. The second kappa shape index (κ2) is 8.53. The third kappa shape index (κ3) is 4.97. The molecule has 142 valence electrons. The zero-order chi connectivity index (χ0) is 19.2. The zero-order valence-electron chi connectivity index (χ0n) is 15.0. The lowest BCUT2D eigenvalue weighted by Crippen LogP contribution is -2.39. The summed E-state index contributed by atoms with van der Waals surface area (Å²) in [4.78, 5) is 25.8. The first-order chi connectivity index (χ1) is 13.0. The maximum absolute atomic E-state index is 13.0. The molecule has 2 aromatic carbocycles. The minimum atomic E-state index is -0.360. The van der Waals surface area contributed by atoms with Gasteiger partial charge in [0.1, 0.15) is 17.3 Å². The van der Waals surface area contributed by atoms with Crippen molar-refractivity contribution in [1.82, 2.24) is 5.32 Å². The van der Waals surface area contributed by atoms with Crippen LogP contribution in [0.1, 0.15) is 13.3 Å². The number of nitrogens with zero attached hydrogens (tertiary/aromatic N) is 1. The van der Waals surface area contributed by atoms with Gasteiger partial charge in [0.05, 0.1) is 12.6 Å². The summed E-state index contributed by atoms with van der Waals surface area (Å²) in [7, 11) is 0. The molecule has 0 spiro atoms. The molecule has 0 aromatic heterocycles. The van der Waals surface area contributed by atoms with Crippen LogP contribution >= 0.6 is 0 Å². The highest BCUT2D eigenvalue weighted by atomic mass is 19.1. The van der Waals surface area contributed by atoms with Crippen LogP contribution < -0.4 is 19.7 Å². The van der Waals surface area contributed by atoms with Gasteiger partial charge in [-0.15, -0.1) is 0 Å². The Bertz CT molecular complexity index is 793. The van der Waals surface area contributed by atoms with Gasteiger partial charge in [-0.25, -0.2) is 4.39 Å². The monoisotopic (exact) mass is 372 g/mol. The highest BCUT2D eigenvalue weighted by Gasteiger charge is 2.31. The first-order valence-corrected chi connectivity index (χ1v) is 8.76. The third-order valence-corrected chi connectivity index (χ3v) is 4.13.